The quantitative estimate of drug-likeness (QED) is 0.303. The molecule has 0 aliphatic carbocycles. The van der Waals surface area contributed by atoms with Crippen LogP contribution in [0.25, 0.3) is 0 Å². The zero-order chi connectivity index (χ0) is 21.3. The molecule has 0 spiro atoms. The maximum Gasteiger partial charge on any atom is 0.335 e. The number of carboxylic acid groups (broad SMARTS) is 2. The van der Waals surface area contributed by atoms with Gasteiger partial charge in [0.05, 0.1) is 24.6 Å². The molecule has 0 amide bonds. The summed E-state index contributed by atoms with van der Waals surface area (Å²) in [5.41, 5.74) is 0. The topological polar surface area (TPSA) is 115 Å². The number of aliphatic hydroxyl groups is 2. The first-order chi connectivity index (χ1) is 12.7. The highest BCUT2D eigenvalue weighted by Crippen LogP contribution is 2.61. The number of unbranched alkanes of at least 4 members (excludes halogenated alkanes) is 4. The van der Waals surface area contributed by atoms with Crippen molar-refractivity contribution in [1.82, 2.24) is 0 Å². The van der Waals surface area contributed by atoms with Crippen LogP contribution in [0.4, 0.5) is 0 Å². The van der Waals surface area contributed by atoms with Gasteiger partial charge in [-0.3, -0.25) is 0 Å². The van der Waals surface area contributed by atoms with E-state index in [0.29, 0.717) is 0 Å². The van der Waals surface area contributed by atoms with Crippen molar-refractivity contribution in [2.24, 2.45) is 0 Å². The second-order valence-electron chi connectivity index (χ2n) is 7.22. The third-order valence-electron chi connectivity index (χ3n) is 4.75. The fourth-order valence-electron chi connectivity index (χ4n) is 2.92. The molecule has 0 bridgehead atoms. The highest BCUT2D eigenvalue weighted by molar-refractivity contribution is 7.75. The highest BCUT2D eigenvalue weighted by atomic mass is 31.2. The molecule has 4 N–H and O–H groups in total. The molecule has 0 aliphatic heterocycles. The Labute approximate surface area is 165 Å². The standard InChI is InChI=1S/C16H36P.C4H6O6/c1-5-9-13-17(14-10-6-2,15-11-7-3)16-12-8-4;5-1(3(7)8)2(6)4(9)10/h5-16H2,1-4H3;1-2,5-6H,(H,7,8)(H,9,10)/q+1;. The van der Waals surface area contributed by atoms with Crippen molar-refractivity contribution in [3.63, 3.8) is 0 Å². The molecule has 0 saturated carbocycles. The molecule has 27 heavy (non-hydrogen) atoms. The molecule has 0 radical (unpaired) electrons. The summed E-state index contributed by atoms with van der Waals surface area (Å²) in [6, 6.07) is 0. The Bertz CT molecular complexity index is 333. The van der Waals surface area contributed by atoms with E-state index in [1.807, 2.05) is 0 Å². The lowest BCUT2D eigenvalue weighted by Gasteiger charge is -2.28. The SMILES string of the molecule is CCCC[P+](CCCC)(CCCC)CCCC.O=C(O)C(O)C(O)C(=O)O. The van der Waals surface area contributed by atoms with E-state index in [1.54, 1.807) is 24.6 Å². The maximum absolute atomic E-state index is 9.77. The van der Waals surface area contributed by atoms with Gasteiger partial charge in [-0.05, 0) is 25.7 Å². The van der Waals surface area contributed by atoms with Gasteiger partial charge in [0.1, 0.15) is 0 Å². The van der Waals surface area contributed by atoms with Crippen molar-refractivity contribution in [1.29, 1.82) is 0 Å². The van der Waals surface area contributed by atoms with Crippen LogP contribution in [0.3, 0.4) is 0 Å². The second kappa shape index (κ2) is 17.4. The van der Waals surface area contributed by atoms with Gasteiger partial charge in [-0.1, -0.05) is 53.4 Å². The largest absolute Gasteiger partial charge is 0.479 e. The summed E-state index contributed by atoms with van der Waals surface area (Å²) in [5, 5.41) is 32.5. The number of aliphatic hydroxyl groups excluding tert-OH is 2. The van der Waals surface area contributed by atoms with Crippen LogP contribution in [0, 0.1) is 0 Å². The molecule has 2 unspecified atom stereocenters. The van der Waals surface area contributed by atoms with Gasteiger partial charge >= 0.3 is 11.9 Å². The number of carbonyl (C=O) groups is 2. The molecule has 0 aromatic heterocycles. The Morgan fingerprint density at radius 2 is 0.852 bits per heavy atom. The summed E-state index contributed by atoms with van der Waals surface area (Å²) in [6.45, 7) is 9.42. The molecule has 0 aliphatic rings. The molecule has 0 rings (SSSR count). The van der Waals surface area contributed by atoms with Crippen LogP contribution in [-0.4, -0.2) is 69.2 Å². The van der Waals surface area contributed by atoms with E-state index in [0.717, 1.165) is 0 Å². The molecule has 0 aromatic carbocycles. The van der Waals surface area contributed by atoms with E-state index in [-0.39, 0.29) is 0 Å². The van der Waals surface area contributed by atoms with E-state index >= 15 is 0 Å². The van der Waals surface area contributed by atoms with Gasteiger partial charge in [-0.25, -0.2) is 9.59 Å². The number of hydrogen-bond acceptors (Lipinski definition) is 4. The minimum Gasteiger partial charge on any atom is -0.479 e. The van der Waals surface area contributed by atoms with E-state index in [2.05, 4.69) is 27.7 Å². The first-order valence-electron chi connectivity index (χ1n) is 10.4. The molecule has 6 nitrogen and oxygen atoms in total. The third-order valence-corrected chi connectivity index (χ3v) is 9.81. The first kappa shape index (κ1) is 28.5. The van der Waals surface area contributed by atoms with Gasteiger partial charge in [0.2, 0.25) is 0 Å². The van der Waals surface area contributed by atoms with Crippen LogP contribution < -0.4 is 0 Å². The summed E-state index contributed by atoms with van der Waals surface area (Å²) >= 11 is 0. The van der Waals surface area contributed by atoms with Crippen molar-refractivity contribution in [2.45, 2.75) is 91.3 Å². The normalized spacial score (nSPS) is 13.4. The van der Waals surface area contributed by atoms with Crippen molar-refractivity contribution < 1.29 is 30.0 Å². The van der Waals surface area contributed by atoms with Crippen LogP contribution in [0.5, 0.6) is 0 Å². The van der Waals surface area contributed by atoms with Crippen molar-refractivity contribution in [3.05, 3.63) is 0 Å². The lowest BCUT2D eigenvalue weighted by molar-refractivity contribution is -0.165. The predicted octanol–water partition coefficient (Wildman–Crippen LogP) is 4.08. The number of aliphatic carboxylic acids is 2. The van der Waals surface area contributed by atoms with Gasteiger partial charge in [0.25, 0.3) is 0 Å². The summed E-state index contributed by atoms with van der Waals surface area (Å²) in [5.74, 6) is -3.54. The van der Waals surface area contributed by atoms with Gasteiger partial charge in [0, 0.05) is 7.26 Å². The van der Waals surface area contributed by atoms with E-state index in [1.165, 1.54) is 51.4 Å². The van der Waals surface area contributed by atoms with Crippen LogP contribution in [-0.2, 0) is 9.59 Å². The average Bonchev–Trinajstić information content (AvgIpc) is 2.66. The van der Waals surface area contributed by atoms with E-state index < -0.39 is 31.4 Å². The fraction of sp³-hybridized carbons (Fsp3) is 0.900. The highest BCUT2D eigenvalue weighted by Gasteiger charge is 2.34. The first-order valence-corrected chi connectivity index (χ1v) is 12.9. The Morgan fingerprint density at radius 1 is 0.630 bits per heavy atom. The molecule has 2 atom stereocenters. The predicted molar refractivity (Wildman–Crippen MR) is 113 cm³/mol. The van der Waals surface area contributed by atoms with Gasteiger partial charge < -0.3 is 20.4 Å². The molecule has 0 saturated heterocycles. The van der Waals surface area contributed by atoms with Crippen molar-refractivity contribution in [2.75, 3.05) is 24.6 Å². The summed E-state index contributed by atoms with van der Waals surface area (Å²) in [4.78, 5) is 19.5. The van der Waals surface area contributed by atoms with Crippen LogP contribution >= 0.6 is 7.26 Å². The smallest absolute Gasteiger partial charge is 0.335 e. The lowest BCUT2D eigenvalue weighted by atomic mass is 10.2. The molecule has 7 heteroatoms. The summed E-state index contributed by atoms with van der Waals surface area (Å²) < 4.78 is 0. The Kier molecular flexibility index (Phi) is 18.4. The monoisotopic (exact) mass is 409 g/mol. The van der Waals surface area contributed by atoms with E-state index in [4.69, 9.17) is 20.4 Å². The minimum atomic E-state index is -2.27. The lowest BCUT2D eigenvalue weighted by Crippen LogP contribution is -2.39. The van der Waals surface area contributed by atoms with Crippen LogP contribution in [0.1, 0.15) is 79.1 Å². The number of hydrogen-bond donors (Lipinski definition) is 4. The minimum absolute atomic E-state index is 0.562. The third kappa shape index (κ3) is 14.0. The average molecular weight is 410 g/mol. The van der Waals surface area contributed by atoms with Crippen LogP contribution in [0.2, 0.25) is 0 Å². The van der Waals surface area contributed by atoms with Crippen molar-refractivity contribution >= 4 is 19.2 Å². The van der Waals surface area contributed by atoms with Crippen LogP contribution in [0.15, 0.2) is 0 Å². The second-order valence-corrected chi connectivity index (χ2v) is 11.7. The molecule has 162 valence electrons. The zero-order valence-corrected chi connectivity index (χ0v) is 18.6. The molecule has 0 aromatic rings. The van der Waals surface area contributed by atoms with Gasteiger partial charge in [0.15, 0.2) is 12.2 Å². The summed E-state index contributed by atoms with van der Waals surface area (Å²) in [7, 11) is -0.562. The number of carboxylic acids is 2. The Balaban J connectivity index is 0. The maximum atomic E-state index is 9.77. The van der Waals surface area contributed by atoms with Gasteiger partial charge in [-0.2, -0.15) is 0 Å². The van der Waals surface area contributed by atoms with E-state index in [9.17, 15) is 9.59 Å². The molecular weight excluding hydrogens is 367 g/mol. The van der Waals surface area contributed by atoms with Crippen molar-refractivity contribution in [3.8, 4) is 0 Å². The molecular formula is C20H42O6P+. The molecule has 0 fully saturated rings. The zero-order valence-electron chi connectivity index (χ0n) is 17.7. The Hall–Kier alpha value is -0.710. The fourth-order valence-corrected chi connectivity index (χ4v) is 8.20. The Morgan fingerprint density at radius 3 is 1.00 bits per heavy atom. The number of rotatable bonds is 15. The molecule has 0 heterocycles. The van der Waals surface area contributed by atoms with Gasteiger partial charge in [-0.15, -0.1) is 0 Å². The summed E-state index contributed by atoms with van der Waals surface area (Å²) in [6.07, 6.45) is 13.4.